The van der Waals surface area contributed by atoms with E-state index in [-0.39, 0.29) is 19.1 Å². The predicted octanol–water partition coefficient (Wildman–Crippen LogP) is 2.24. The molecule has 1 aromatic heterocycles. The topological polar surface area (TPSA) is 109 Å². The molecule has 2 aromatic carbocycles. The Kier molecular flexibility index (Phi) is 5.24. The van der Waals surface area contributed by atoms with Gasteiger partial charge in [0.05, 0.1) is 24.9 Å². The Hall–Kier alpha value is -3.30. The van der Waals surface area contributed by atoms with E-state index in [2.05, 4.69) is 15.3 Å². The number of aliphatic hydroxyl groups excluding tert-OH is 1. The standard InChI is InChI=1S/C20H22N4O5/c1-24(5-6-25)9-12-3-4-16-19(29-11-28-16)18(12)23-20-13-7-15(26)17(27-2)8-14(13)21-10-22-20/h3-4,7-8,10,25-26H,5-6,9,11H2,1-2H3,(H,21,22,23). The van der Waals surface area contributed by atoms with Gasteiger partial charge in [-0.25, -0.2) is 9.97 Å². The fourth-order valence-corrected chi connectivity index (χ4v) is 3.28. The van der Waals surface area contributed by atoms with Gasteiger partial charge in [-0.3, -0.25) is 4.90 Å². The van der Waals surface area contributed by atoms with Gasteiger partial charge in [-0.2, -0.15) is 0 Å². The van der Waals surface area contributed by atoms with Crippen LogP contribution in [0.1, 0.15) is 5.56 Å². The monoisotopic (exact) mass is 398 g/mol. The van der Waals surface area contributed by atoms with Crippen molar-refractivity contribution in [2.75, 3.05) is 39.4 Å². The number of hydrogen-bond donors (Lipinski definition) is 3. The Morgan fingerprint density at radius 3 is 2.90 bits per heavy atom. The molecule has 0 saturated heterocycles. The molecule has 3 N–H and O–H groups in total. The summed E-state index contributed by atoms with van der Waals surface area (Å²) >= 11 is 0. The average molecular weight is 398 g/mol. The van der Waals surface area contributed by atoms with Crippen LogP contribution in [0.5, 0.6) is 23.0 Å². The highest BCUT2D eigenvalue weighted by Gasteiger charge is 2.23. The zero-order valence-corrected chi connectivity index (χ0v) is 16.2. The second kappa shape index (κ2) is 7.98. The molecule has 0 amide bonds. The van der Waals surface area contributed by atoms with Crippen LogP contribution in [-0.2, 0) is 6.54 Å². The minimum absolute atomic E-state index is 0.00127. The van der Waals surface area contributed by atoms with Crippen LogP contribution >= 0.6 is 0 Å². The molecule has 1 aliphatic heterocycles. The van der Waals surface area contributed by atoms with Gasteiger partial charge in [0.2, 0.25) is 6.79 Å². The first-order valence-electron chi connectivity index (χ1n) is 9.10. The zero-order chi connectivity index (χ0) is 20.4. The summed E-state index contributed by atoms with van der Waals surface area (Å²) in [6.07, 6.45) is 1.44. The van der Waals surface area contributed by atoms with E-state index in [0.717, 1.165) is 11.3 Å². The molecule has 0 fully saturated rings. The third-order valence-electron chi connectivity index (χ3n) is 4.73. The van der Waals surface area contributed by atoms with E-state index < -0.39 is 0 Å². The zero-order valence-electron chi connectivity index (χ0n) is 16.2. The van der Waals surface area contributed by atoms with E-state index in [4.69, 9.17) is 14.2 Å². The van der Waals surface area contributed by atoms with Gasteiger partial charge < -0.3 is 29.7 Å². The van der Waals surface area contributed by atoms with Crippen LogP contribution in [0.15, 0.2) is 30.6 Å². The van der Waals surface area contributed by atoms with E-state index in [1.807, 2.05) is 24.1 Å². The number of methoxy groups -OCH3 is 1. The number of ether oxygens (including phenoxy) is 3. The first-order valence-corrected chi connectivity index (χ1v) is 9.10. The molecule has 4 rings (SSSR count). The number of nitrogens with zero attached hydrogens (tertiary/aromatic N) is 3. The molecular weight excluding hydrogens is 376 g/mol. The maximum absolute atomic E-state index is 10.2. The lowest BCUT2D eigenvalue weighted by Crippen LogP contribution is -2.22. The molecule has 2 heterocycles. The maximum atomic E-state index is 10.2. The number of hydrogen-bond acceptors (Lipinski definition) is 9. The Morgan fingerprint density at radius 1 is 1.24 bits per heavy atom. The van der Waals surface area contributed by atoms with Crippen molar-refractivity contribution in [1.29, 1.82) is 0 Å². The minimum atomic E-state index is -0.00127. The number of aromatic nitrogens is 2. The van der Waals surface area contributed by atoms with Gasteiger partial charge in [0, 0.05) is 24.5 Å². The second-order valence-electron chi connectivity index (χ2n) is 6.68. The van der Waals surface area contributed by atoms with E-state index in [1.54, 1.807) is 12.1 Å². The van der Waals surface area contributed by atoms with Crippen molar-refractivity contribution in [3.8, 4) is 23.0 Å². The quantitative estimate of drug-likeness (QED) is 0.552. The summed E-state index contributed by atoms with van der Waals surface area (Å²) in [6, 6.07) is 7.04. The van der Waals surface area contributed by atoms with E-state index in [9.17, 15) is 10.2 Å². The van der Waals surface area contributed by atoms with Gasteiger partial charge in [-0.05, 0) is 24.7 Å². The summed E-state index contributed by atoms with van der Waals surface area (Å²) in [4.78, 5) is 10.6. The predicted molar refractivity (Wildman–Crippen MR) is 107 cm³/mol. The average Bonchev–Trinajstić information content (AvgIpc) is 3.19. The highest BCUT2D eigenvalue weighted by molar-refractivity contribution is 5.94. The first-order chi connectivity index (χ1) is 14.1. The number of aromatic hydroxyl groups is 1. The fourth-order valence-electron chi connectivity index (χ4n) is 3.28. The van der Waals surface area contributed by atoms with Gasteiger partial charge in [-0.15, -0.1) is 0 Å². The number of nitrogens with one attached hydrogen (secondary N) is 1. The van der Waals surface area contributed by atoms with Crippen LogP contribution in [0, 0.1) is 0 Å². The van der Waals surface area contributed by atoms with E-state index in [0.29, 0.717) is 47.1 Å². The molecule has 9 nitrogen and oxygen atoms in total. The molecule has 0 spiro atoms. The second-order valence-corrected chi connectivity index (χ2v) is 6.68. The molecule has 0 radical (unpaired) electrons. The lowest BCUT2D eigenvalue weighted by Gasteiger charge is -2.20. The minimum Gasteiger partial charge on any atom is -0.504 e. The van der Waals surface area contributed by atoms with Crippen LogP contribution in [-0.4, -0.2) is 59.2 Å². The number of phenolic OH excluding ortho intramolecular Hbond substituents is 1. The van der Waals surface area contributed by atoms with Crippen LogP contribution in [0.3, 0.4) is 0 Å². The summed E-state index contributed by atoms with van der Waals surface area (Å²) in [5, 5.41) is 23.4. The summed E-state index contributed by atoms with van der Waals surface area (Å²) < 4.78 is 16.4. The molecule has 0 aliphatic carbocycles. The Labute approximate surface area is 167 Å². The molecule has 9 heteroatoms. The fraction of sp³-hybridized carbons (Fsp3) is 0.300. The Balaban J connectivity index is 1.78. The third-order valence-corrected chi connectivity index (χ3v) is 4.73. The molecular formula is C20H22N4O5. The third kappa shape index (κ3) is 3.69. The van der Waals surface area contributed by atoms with Crippen molar-refractivity contribution in [2.24, 2.45) is 0 Å². The van der Waals surface area contributed by atoms with Crippen LogP contribution in [0.2, 0.25) is 0 Å². The van der Waals surface area contributed by atoms with Gasteiger partial charge >= 0.3 is 0 Å². The number of aliphatic hydroxyl groups is 1. The van der Waals surface area contributed by atoms with Crippen LogP contribution in [0.25, 0.3) is 10.9 Å². The van der Waals surface area contributed by atoms with Crippen molar-refractivity contribution in [2.45, 2.75) is 6.54 Å². The molecule has 0 bridgehead atoms. The van der Waals surface area contributed by atoms with Crippen molar-refractivity contribution in [3.63, 3.8) is 0 Å². The molecule has 152 valence electrons. The van der Waals surface area contributed by atoms with Gasteiger partial charge in [0.15, 0.2) is 23.0 Å². The van der Waals surface area contributed by atoms with Crippen LogP contribution in [0.4, 0.5) is 11.5 Å². The summed E-state index contributed by atoms with van der Waals surface area (Å²) in [7, 11) is 3.41. The number of benzene rings is 2. The van der Waals surface area contributed by atoms with Crippen molar-refractivity contribution >= 4 is 22.4 Å². The van der Waals surface area contributed by atoms with Crippen LogP contribution < -0.4 is 19.5 Å². The van der Waals surface area contributed by atoms with Gasteiger partial charge in [0.25, 0.3) is 0 Å². The molecule has 0 atom stereocenters. The first kappa shape index (κ1) is 19.0. The summed E-state index contributed by atoms with van der Waals surface area (Å²) in [6.45, 7) is 1.34. The number of fused-ring (bicyclic) bond motifs is 2. The molecule has 29 heavy (non-hydrogen) atoms. The SMILES string of the molecule is COc1cc2ncnc(Nc3c(CN(C)CCO)ccc4c3OCO4)c2cc1O. The Bertz CT molecular complexity index is 1040. The maximum Gasteiger partial charge on any atom is 0.231 e. The number of phenols is 1. The molecule has 0 unspecified atom stereocenters. The molecule has 1 aliphatic rings. The number of anilines is 2. The van der Waals surface area contributed by atoms with E-state index >= 15 is 0 Å². The largest absolute Gasteiger partial charge is 0.504 e. The number of rotatable bonds is 7. The van der Waals surface area contributed by atoms with Crippen molar-refractivity contribution < 1.29 is 24.4 Å². The lowest BCUT2D eigenvalue weighted by molar-refractivity contribution is 0.174. The highest BCUT2D eigenvalue weighted by atomic mass is 16.7. The normalized spacial score (nSPS) is 12.6. The molecule has 3 aromatic rings. The van der Waals surface area contributed by atoms with Gasteiger partial charge in [0.1, 0.15) is 12.1 Å². The van der Waals surface area contributed by atoms with Gasteiger partial charge in [-0.1, -0.05) is 6.07 Å². The smallest absolute Gasteiger partial charge is 0.231 e. The molecule has 0 saturated carbocycles. The lowest BCUT2D eigenvalue weighted by atomic mass is 10.1. The Morgan fingerprint density at radius 2 is 2.10 bits per heavy atom. The van der Waals surface area contributed by atoms with E-state index in [1.165, 1.54) is 13.4 Å². The summed E-state index contributed by atoms with van der Waals surface area (Å²) in [5.74, 6) is 2.10. The van der Waals surface area contributed by atoms with Crippen molar-refractivity contribution in [3.05, 3.63) is 36.2 Å². The summed E-state index contributed by atoms with van der Waals surface area (Å²) in [5.41, 5.74) is 2.30. The van der Waals surface area contributed by atoms with Crippen molar-refractivity contribution in [1.82, 2.24) is 14.9 Å². The highest BCUT2D eigenvalue weighted by Crippen LogP contribution is 2.44. The number of likely N-dealkylation sites (N-methyl/N-ethyl adjacent to an activating group) is 1.